The highest BCUT2D eigenvalue weighted by Crippen LogP contribution is 2.19. The normalized spacial score (nSPS) is 20.6. The first kappa shape index (κ1) is 15.0. The van der Waals surface area contributed by atoms with Gasteiger partial charge >= 0.3 is 0 Å². The largest absolute Gasteiger partial charge is 0.378 e. The standard InChI is InChI=1S/C16H24BrNO/c1-18-15(7-3-8-16-9-4-10-19-16)12-13-5-2-6-14(17)11-13/h2,5-6,11,15-16,18H,3-4,7-10,12H2,1H3. The van der Waals surface area contributed by atoms with Crippen LogP contribution in [0.15, 0.2) is 28.7 Å². The van der Waals surface area contributed by atoms with Gasteiger partial charge in [0.1, 0.15) is 0 Å². The number of ether oxygens (including phenoxy) is 1. The Bertz CT molecular complexity index is 377. The quantitative estimate of drug-likeness (QED) is 0.820. The highest BCUT2D eigenvalue weighted by molar-refractivity contribution is 9.10. The van der Waals surface area contributed by atoms with Crippen LogP contribution in [-0.2, 0) is 11.2 Å². The van der Waals surface area contributed by atoms with Crippen molar-refractivity contribution in [3.63, 3.8) is 0 Å². The molecule has 0 aliphatic carbocycles. The summed E-state index contributed by atoms with van der Waals surface area (Å²) in [6.07, 6.45) is 7.84. The lowest BCUT2D eigenvalue weighted by Crippen LogP contribution is -2.27. The molecule has 1 aliphatic rings. The smallest absolute Gasteiger partial charge is 0.0576 e. The van der Waals surface area contributed by atoms with E-state index >= 15 is 0 Å². The second-order valence-electron chi connectivity index (χ2n) is 5.39. The van der Waals surface area contributed by atoms with Gasteiger partial charge < -0.3 is 10.1 Å². The molecule has 1 heterocycles. The second kappa shape index (κ2) is 8.03. The van der Waals surface area contributed by atoms with Gasteiger partial charge in [0.05, 0.1) is 6.10 Å². The Morgan fingerprint density at radius 1 is 1.47 bits per heavy atom. The molecule has 2 nitrogen and oxygen atoms in total. The lowest BCUT2D eigenvalue weighted by atomic mass is 9.99. The highest BCUT2D eigenvalue weighted by atomic mass is 79.9. The molecule has 0 amide bonds. The average molecular weight is 326 g/mol. The van der Waals surface area contributed by atoms with Crippen LogP contribution in [0.5, 0.6) is 0 Å². The van der Waals surface area contributed by atoms with Crippen molar-refractivity contribution >= 4 is 15.9 Å². The van der Waals surface area contributed by atoms with E-state index in [2.05, 4.69) is 52.6 Å². The zero-order valence-electron chi connectivity index (χ0n) is 11.7. The van der Waals surface area contributed by atoms with Gasteiger partial charge in [-0.25, -0.2) is 0 Å². The summed E-state index contributed by atoms with van der Waals surface area (Å²) in [6.45, 7) is 0.970. The van der Waals surface area contributed by atoms with Gasteiger partial charge in [-0.2, -0.15) is 0 Å². The van der Waals surface area contributed by atoms with Crippen molar-refractivity contribution in [2.45, 2.75) is 50.7 Å². The van der Waals surface area contributed by atoms with Crippen molar-refractivity contribution in [1.82, 2.24) is 5.32 Å². The van der Waals surface area contributed by atoms with Crippen LogP contribution in [0.1, 0.15) is 37.7 Å². The van der Waals surface area contributed by atoms with E-state index in [1.165, 1.54) is 42.1 Å². The first-order valence-electron chi connectivity index (χ1n) is 7.31. The highest BCUT2D eigenvalue weighted by Gasteiger charge is 2.16. The molecular formula is C16H24BrNO. The monoisotopic (exact) mass is 325 g/mol. The van der Waals surface area contributed by atoms with Crippen molar-refractivity contribution in [2.75, 3.05) is 13.7 Å². The summed E-state index contributed by atoms with van der Waals surface area (Å²) in [4.78, 5) is 0. The summed E-state index contributed by atoms with van der Waals surface area (Å²) in [7, 11) is 2.06. The Labute approximate surface area is 125 Å². The topological polar surface area (TPSA) is 21.3 Å². The molecule has 0 aromatic heterocycles. The molecule has 0 spiro atoms. The molecular weight excluding hydrogens is 302 g/mol. The maximum Gasteiger partial charge on any atom is 0.0576 e. The van der Waals surface area contributed by atoms with Crippen LogP contribution in [0.2, 0.25) is 0 Å². The van der Waals surface area contributed by atoms with Crippen LogP contribution in [-0.4, -0.2) is 25.8 Å². The average Bonchev–Trinajstić information content (AvgIpc) is 2.91. The molecule has 1 aromatic rings. The van der Waals surface area contributed by atoms with E-state index in [4.69, 9.17) is 4.74 Å². The van der Waals surface area contributed by atoms with E-state index in [0.717, 1.165) is 13.0 Å². The minimum absolute atomic E-state index is 0.531. The molecule has 1 aromatic carbocycles. The molecule has 106 valence electrons. The summed E-state index contributed by atoms with van der Waals surface area (Å²) < 4.78 is 6.84. The Morgan fingerprint density at radius 2 is 2.37 bits per heavy atom. The maximum atomic E-state index is 5.68. The number of hydrogen-bond acceptors (Lipinski definition) is 2. The molecule has 1 saturated heterocycles. The lowest BCUT2D eigenvalue weighted by molar-refractivity contribution is 0.101. The van der Waals surface area contributed by atoms with E-state index < -0.39 is 0 Å². The van der Waals surface area contributed by atoms with Crippen molar-refractivity contribution in [3.8, 4) is 0 Å². The molecule has 1 fully saturated rings. The van der Waals surface area contributed by atoms with Crippen LogP contribution >= 0.6 is 15.9 Å². The fourth-order valence-corrected chi connectivity index (χ4v) is 3.21. The molecule has 2 unspecified atom stereocenters. The number of rotatable bonds is 7. The maximum absolute atomic E-state index is 5.68. The summed E-state index contributed by atoms with van der Waals surface area (Å²) in [5.41, 5.74) is 1.39. The van der Waals surface area contributed by atoms with E-state index in [1.54, 1.807) is 0 Å². The fraction of sp³-hybridized carbons (Fsp3) is 0.625. The van der Waals surface area contributed by atoms with E-state index in [0.29, 0.717) is 12.1 Å². The third-order valence-corrected chi connectivity index (χ3v) is 4.38. The SMILES string of the molecule is CNC(CCCC1CCCO1)Cc1cccc(Br)c1. The van der Waals surface area contributed by atoms with Crippen molar-refractivity contribution < 1.29 is 4.74 Å². The van der Waals surface area contributed by atoms with Gasteiger partial charge in [-0.05, 0) is 63.3 Å². The first-order valence-corrected chi connectivity index (χ1v) is 8.10. The van der Waals surface area contributed by atoms with Crippen LogP contribution in [0.3, 0.4) is 0 Å². The predicted octanol–water partition coefficient (Wildman–Crippen LogP) is 3.93. The van der Waals surface area contributed by atoms with Gasteiger partial charge in [-0.3, -0.25) is 0 Å². The Morgan fingerprint density at radius 3 is 3.05 bits per heavy atom. The molecule has 3 heteroatoms. The van der Waals surface area contributed by atoms with Crippen molar-refractivity contribution in [2.24, 2.45) is 0 Å². The van der Waals surface area contributed by atoms with Crippen LogP contribution < -0.4 is 5.32 Å². The predicted molar refractivity (Wildman–Crippen MR) is 83.5 cm³/mol. The van der Waals surface area contributed by atoms with Gasteiger partial charge in [-0.1, -0.05) is 28.1 Å². The molecule has 2 rings (SSSR count). The van der Waals surface area contributed by atoms with Crippen LogP contribution in [0.25, 0.3) is 0 Å². The van der Waals surface area contributed by atoms with Gasteiger partial charge in [0.2, 0.25) is 0 Å². The van der Waals surface area contributed by atoms with E-state index in [1.807, 2.05) is 0 Å². The zero-order valence-corrected chi connectivity index (χ0v) is 13.3. The molecule has 0 bridgehead atoms. The Balaban J connectivity index is 1.73. The van der Waals surface area contributed by atoms with Gasteiger partial charge in [0.25, 0.3) is 0 Å². The molecule has 2 atom stereocenters. The molecule has 0 saturated carbocycles. The second-order valence-corrected chi connectivity index (χ2v) is 6.30. The third-order valence-electron chi connectivity index (χ3n) is 3.88. The molecule has 1 N–H and O–H groups in total. The number of hydrogen-bond donors (Lipinski definition) is 1. The number of benzene rings is 1. The Kier molecular flexibility index (Phi) is 6.35. The number of nitrogens with one attached hydrogen (secondary N) is 1. The van der Waals surface area contributed by atoms with Crippen molar-refractivity contribution in [1.29, 1.82) is 0 Å². The van der Waals surface area contributed by atoms with Crippen molar-refractivity contribution in [3.05, 3.63) is 34.3 Å². The van der Waals surface area contributed by atoms with Crippen LogP contribution in [0.4, 0.5) is 0 Å². The van der Waals surface area contributed by atoms with Gasteiger partial charge in [0, 0.05) is 17.1 Å². The number of halogens is 1. The minimum atomic E-state index is 0.531. The number of likely N-dealkylation sites (N-methyl/N-ethyl adjacent to an activating group) is 1. The molecule has 0 radical (unpaired) electrons. The summed E-state index contributed by atoms with van der Waals surface area (Å²) >= 11 is 3.53. The van der Waals surface area contributed by atoms with Gasteiger partial charge in [0.15, 0.2) is 0 Å². The molecule has 19 heavy (non-hydrogen) atoms. The van der Waals surface area contributed by atoms with Crippen LogP contribution in [0, 0.1) is 0 Å². The summed E-state index contributed by atoms with van der Waals surface area (Å²) in [5, 5.41) is 3.44. The molecule has 1 aliphatic heterocycles. The third kappa shape index (κ3) is 5.25. The summed E-state index contributed by atoms with van der Waals surface area (Å²) in [6, 6.07) is 9.17. The van der Waals surface area contributed by atoms with Gasteiger partial charge in [-0.15, -0.1) is 0 Å². The minimum Gasteiger partial charge on any atom is -0.378 e. The first-order chi connectivity index (χ1) is 9.28. The lowest BCUT2D eigenvalue weighted by Gasteiger charge is -2.17. The zero-order chi connectivity index (χ0) is 13.5. The Hall–Kier alpha value is -0.380. The summed E-state index contributed by atoms with van der Waals surface area (Å²) in [5.74, 6) is 0. The van der Waals surface area contributed by atoms with E-state index in [-0.39, 0.29) is 0 Å². The van der Waals surface area contributed by atoms with E-state index in [9.17, 15) is 0 Å². The fourth-order valence-electron chi connectivity index (χ4n) is 2.76.